The first kappa shape index (κ1) is 14.1. The number of hydrogen-bond donors (Lipinski definition) is 2. The second kappa shape index (κ2) is 6.21. The van der Waals surface area contributed by atoms with Gasteiger partial charge in [-0.15, -0.1) is 0 Å². The van der Waals surface area contributed by atoms with Crippen LogP contribution in [0.2, 0.25) is 0 Å². The van der Waals surface area contributed by atoms with E-state index in [1.165, 1.54) is 6.26 Å². The van der Waals surface area contributed by atoms with Crippen LogP contribution in [0.1, 0.15) is 22.2 Å². The molecule has 2 aromatic heterocycles. The molecule has 0 saturated carbocycles. The highest BCUT2D eigenvalue weighted by molar-refractivity contribution is 5.99. The molecule has 0 aromatic carbocycles. The molecule has 0 aliphatic rings. The smallest absolute Gasteiger partial charge is 0.255 e. The van der Waals surface area contributed by atoms with Crippen LogP contribution in [0.4, 0.5) is 5.82 Å². The number of anilines is 1. The molecule has 6 heteroatoms. The Labute approximate surface area is 117 Å². The van der Waals surface area contributed by atoms with Gasteiger partial charge >= 0.3 is 0 Å². The summed E-state index contributed by atoms with van der Waals surface area (Å²) in [6.07, 6.45) is 3.13. The summed E-state index contributed by atoms with van der Waals surface area (Å²) in [5, 5.41) is 12.1. The number of carbonyl (C=O) groups excluding carboxylic acids is 1. The third kappa shape index (κ3) is 2.97. The molecule has 0 bridgehead atoms. The lowest BCUT2D eigenvalue weighted by molar-refractivity contribution is 0.0907. The van der Waals surface area contributed by atoms with Crippen molar-refractivity contribution in [3.05, 3.63) is 48.0 Å². The number of aliphatic hydroxyl groups is 1. The van der Waals surface area contributed by atoms with Crippen molar-refractivity contribution in [2.45, 2.75) is 6.04 Å². The van der Waals surface area contributed by atoms with Crippen LogP contribution >= 0.6 is 0 Å². The zero-order valence-corrected chi connectivity index (χ0v) is 11.4. The molecule has 0 saturated heterocycles. The van der Waals surface area contributed by atoms with Gasteiger partial charge in [0.2, 0.25) is 0 Å². The number of aromatic nitrogens is 1. The van der Waals surface area contributed by atoms with Crippen molar-refractivity contribution in [1.29, 1.82) is 0 Å². The van der Waals surface area contributed by atoms with E-state index in [1.54, 1.807) is 35.4 Å². The van der Waals surface area contributed by atoms with E-state index in [4.69, 9.17) is 4.42 Å². The number of furan rings is 1. The van der Waals surface area contributed by atoms with Crippen LogP contribution in [0.15, 0.2) is 41.1 Å². The van der Waals surface area contributed by atoms with Crippen LogP contribution in [-0.2, 0) is 0 Å². The Kier molecular flexibility index (Phi) is 4.37. The van der Waals surface area contributed by atoms with Gasteiger partial charge in [-0.1, -0.05) is 0 Å². The van der Waals surface area contributed by atoms with E-state index in [0.29, 0.717) is 17.1 Å². The van der Waals surface area contributed by atoms with Crippen molar-refractivity contribution >= 4 is 11.7 Å². The van der Waals surface area contributed by atoms with Gasteiger partial charge in [-0.3, -0.25) is 4.79 Å². The second-order valence-electron chi connectivity index (χ2n) is 4.49. The predicted molar refractivity (Wildman–Crippen MR) is 74.6 cm³/mol. The Hall–Kier alpha value is -2.34. The molecule has 20 heavy (non-hydrogen) atoms. The van der Waals surface area contributed by atoms with E-state index in [1.807, 2.05) is 14.1 Å². The van der Waals surface area contributed by atoms with Crippen LogP contribution in [0, 0.1) is 0 Å². The van der Waals surface area contributed by atoms with Crippen LogP contribution in [0.3, 0.4) is 0 Å². The maximum atomic E-state index is 12.3. The van der Waals surface area contributed by atoms with Crippen molar-refractivity contribution in [1.82, 2.24) is 10.3 Å². The first-order valence-corrected chi connectivity index (χ1v) is 6.21. The quantitative estimate of drug-likeness (QED) is 0.857. The van der Waals surface area contributed by atoms with Crippen molar-refractivity contribution in [3.8, 4) is 0 Å². The lowest BCUT2D eigenvalue weighted by atomic mass is 10.2. The van der Waals surface area contributed by atoms with Gasteiger partial charge in [0.05, 0.1) is 18.4 Å². The standard InChI is InChI=1S/C14H17N3O3/c1-17(2)13-10(5-3-7-15-13)14(19)16-11(9-18)12-6-4-8-20-12/h3-8,11,18H,9H2,1-2H3,(H,16,19). The molecule has 6 nitrogen and oxygen atoms in total. The number of pyridine rings is 1. The predicted octanol–water partition coefficient (Wildman–Crippen LogP) is 1.20. The molecule has 0 aliphatic heterocycles. The third-order valence-electron chi connectivity index (χ3n) is 2.83. The fraction of sp³-hybridized carbons (Fsp3) is 0.286. The van der Waals surface area contributed by atoms with Crippen LogP contribution in [-0.4, -0.2) is 36.7 Å². The molecular weight excluding hydrogens is 258 g/mol. The van der Waals surface area contributed by atoms with E-state index < -0.39 is 6.04 Å². The molecule has 0 aliphatic carbocycles. The highest BCUT2D eigenvalue weighted by Crippen LogP contribution is 2.17. The molecule has 2 N–H and O–H groups in total. The minimum absolute atomic E-state index is 0.239. The molecule has 2 aromatic rings. The van der Waals surface area contributed by atoms with Crippen LogP contribution in [0.25, 0.3) is 0 Å². The fourth-order valence-electron chi connectivity index (χ4n) is 1.86. The van der Waals surface area contributed by atoms with Gasteiger partial charge < -0.3 is 19.7 Å². The topological polar surface area (TPSA) is 78.6 Å². The fourth-order valence-corrected chi connectivity index (χ4v) is 1.86. The average molecular weight is 275 g/mol. The van der Waals surface area contributed by atoms with E-state index in [0.717, 1.165) is 0 Å². The van der Waals surface area contributed by atoms with Crippen molar-refractivity contribution in [3.63, 3.8) is 0 Å². The molecule has 1 amide bonds. The maximum Gasteiger partial charge on any atom is 0.255 e. The normalized spacial score (nSPS) is 11.9. The average Bonchev–Trinajstić information content (AvgIpc) is 2.98. The number of rotatable bonds is 5. The van der Waals surface area contributed by atoms with Crippen molar-refractivity contribution in [2.24, 2.45) is 0 Å². The monoisotopic (exact) mass is 275 g/mol. The van der Waals surface area contributed by atoms with Crippen LogP contribution in [0.5, 0.6) is 0 Å². The second-order valence-corrected chi connectivity index (χ2v) is 4.49. The van der Waals surface area contributed by atoms with Gasteiger partial charge in [-0.05, 0) is 24.3 Å². The maximum absolute atomic E-state index is 12.3. The molecule has 0 radical (unpaired) electrons. The Bertz CT molecular complexity index is 567. The molecule has 1 atom stereocenters. The summed E-state index contributed by atoms with van der Waals surface area (Å²) < 4.78 is 5.20. The van der Waals surface area contributed by atoms with Gasteiger partial charge in [-0.25, -0.2) is 4.98 Å². The number of carbonyl (C=O) groups is 1. The molecule has 0 spiro atoms. The van der Waals surface area contributed by atoms with Crippen LogP contribution < -0.4 is 10.2 Å². The summed E-state index contributed by atoms with van der Waals surface area (Å²) in [4.78, 5) is 18.2. The SMILES string of the molecule is CN(C)c1ncccc1C(=O)NC(CO)c1ccco1. The van der Waals surface area contributed by atoms with Gasteiger partial charge in [0, 0.05) is 20.3 Å². The first-order chi connectivity index (χ1) is 9.63. The van der Waals surface area contributed by atoms with Crippen molar-refractivity contribution < 1.29 is 14.3 Å². The van der Waals surface area contributed by atoms with Gasteiger partial charge in [0.25, 0.3) is 5.91 Å². The molecule has 2 rings (SSSR count). The molecule has 0 fully saturated rings. The number of nitrogens with zero attached hydrogens (tertiary/aromatic N) is 2. The van der Waals surface area contributed by atoms with Gasteiger partial charge in [-0.2, -0.15) is 0 Å². The Morgan fingerprint density at radius 2 is 2.25 bits per heavy atom. The highest BCUT2D eigenvalue weighted by Gasteiger charge is 2.20. The van der Waals surface area contributed by atoms with E-state index in [2.05, 4.69) is 10.3 Å². The Balaban J connectivity index is 2.20. The lowest BCUT2D eigenvalue weighted by Gasteiger charge is -2.18. The number of nitrogens with one attached hydrogen (secondary N) is 1. The molecule has 2 heterocycles. The zero-order chi connectivity index (χ0) is 14.5. The Morgan fingerprint density at radius 3 is 2.85 bits per heavy atom. The summed E-state index contributed by atoms with van der Waals surface area (Å²) in [5.41, 5.74) is 0.447. The minimum Gasteiger partial charge on any atom is -0.467 e. The summed E-state index contributed by atoms with van der Waals surface area (Å²) in [7, 11) is 3.63. The van der Waals surface area contributed by atoms with E-state index in [-0.39, 0.29) is 12.5 Å². The lowest BCUT2D eigenvalue weighted by Crippen LogP contribution is -2.31. The molecular formula is C14H17N3O3. The highest BCUT2D eigenvalue weighted by atomic mass is 16.3. The Morgan fingerprint density at radius 1 is 1.45 bits per heavy atom. The summed E-state index contributed by atoms with van der Waals surface area (Å²) >= 11 is 0. The first-order valence-electron chi connectivity index (χ1n) is 6.21. The molecule has 106 valence electrons. The van der Waals surface area contributed by atoms with E-state index >= 15 is 0 Å². The van der Waals surface area contributed by atoms with Gasteiger partial charge in [0.1, 0.15) is 17.6 Å². The summed E-state index contributed by atoms with van der Waals surface area (Å²) in [5.74, 6) is 0.773. The number of aliphatic hydroxyl groups excluding tert-OH is 1. The summed E-state index contributed by atoms with van der Waals surface area (Å²) in [6.45, 7) is -0.239. The van der Waals surface area contributed by atoms with E-state index in [9.17, 15) is 9.90 Å². The molecule has 1 unspecified atom stereocenters. The third-order valence-corrected chi connectivity index (χ3v) is 2.83. The van der Waals surface area contributed by atoms with Crippen molar-refractivity contribution in [2.75, 3.05) is 25.6 Å². The minimum atomic E-state index is -0.576. The largest absolute Gasteiger partial charge is 0.467 e. The summed E-state index contributed by atoms with van der Waals surface area (Å²) in [6, 6.07) is 6.22. The van der Waals surface area contributed by atoms with Gasteiger partial charge in [0.15, 0.2) is 0 Å². The number of hydrogen-bond acceptors (Lipinski definition) is 5. The zero-order valence-electron chi connectivity index (χ0n) is 11.4. The number of amides is 1.